The summed E-state index contributed by atoms with van der Waals surface area (Å²) >= 11 is 0. The second-order valence-corrected chi connectivity index (χ2v) is 6.15. The number of carbonyl (C=O) groups is 1. The Labute approximate surface area is 166 Å². The van der Waals surface area contributed by atoms with E-state index in [1.165, 1.54) is 6.26 Å². The van der Waals surface area contributed by atoms with Gasteiger partial charge in [0.2, 0.25) is 5.89 Å². The Kier molecular flexibility index (Phi) is 4.82. The SMILES string of the molecule is O=C(Nc1nnc(-c2cccc(-c3ccoc3)c2)o1)c1ccc(F)c(C(F)(F)F)c1. The number of nitrogens with one attached hydrogen (secondary N) is 1. The summed E-state index contributed by atoms with van der Waals surface area (Å²) in [6.45, 7) is 0. The van der Waals surface area contributed by atoms with E-state index in [9.17, 15) is 22.4 Å². The molecule has 10 heteroatoms. The van der Waals surface area contributed by atoms with E-state index < -0.39 is 29.0 Å². The number of amides is 1. The average molecular weight is 417 g/mol. The summed E-state index contributed by atoms with van der Waals surface area (Å²) in [5, 5.41) is 9.71. The van der Waals surface area contributed by atoms with Gasteiger partial charge in [0.15, 0.2) is 0 Å². The first-order chi connectivity index (χ1) is 14.3. The smallest absolute Gasteiger partial charge is 0.419 e. The minimum absolute atomic E-state index is 0.0886. The Morgan fingerprint density at radius 2 is 1.77 bits per heavy atom. The molecule has 1 N–H and O–H groups in total. The van der Waals surface area contributed by atoms with Gasteiger partial charge in [-0.1, -0.05) is 17.2 Å². The van der Waals surface area contributed by atoms with Crippen LogP contribution in [0.25, 0.3) is 22.6 Å². The number of hydrogen-bond acceptors (Lipinski definition) is 5. The van der Waals surface area contributed by atoms with Gasteiger partial charge < -0.3 is 8.83 Å². The number of furan rings is 1. The molecule has 2 aromatic carbocycles. The summed E-state index contributed by atoms with van der Waals surface area (Å²) in [4.78, 5) is 12.2. The summed E-state index contributed by atoms with van der Waals surface area (Å²) in [7, 11) is 0. The molecule has 0 saturated carbocycles. The molecule has 30 heavy (non-hydrogen) atoms. The second-order valence-electron chi connectivity index (χ2n) is 6.15. The molecule has 0 radical (unpaired) electrons. The average Bonchev–Trinajstić information content (AvgIpc) is 3.40. The van der Waals surface area contributed by atoms with Gasteiger partial charge in [0.05, 0.1) is 18.1 Å². The van der Waals surface area contributed by atoms with Crippen LogP contribution in [0.5, 0.6) is 0 Å². The van der Waals surface area contributed by atoms with E-state index in [1.54, 1.807) is 30.5 Å². The number of rotatable bonds is 4. The van der Waals surface area contributed by atoms with Crippen LogP contribution in [0.4, 0.5) is 23.6 Å². The van der Waals surface area contributed by atoms with Crippen molar-refractivity contribution >= 4 is 11.9 Å². The van der Waals surface area contributed by atoms with Crippen LogP contribution >= 0.6 is 0 Å². The highest BCUT2D eigenvalue weighted by Gasteiger charge is 2.34. The number of benzene rings is 2. The zero-order chi connectivity index (χ0) is 21.3. The molecule has 6 nitrogen and oxygen atoms in total. The highest BCUT2D eigenvalue weighted by Crippen LogP contribution is 2.32. The number of halogens is 4. The van der Waals surface area contributed by atoms with Crippen molar-refractivity contribution in [2.24, 2.45) is 0 Å². The second kappa shape index (κ2) is 7.47. The molecule has 4 aromatic rings. The highest BCUT2D eigenvalue weighted by atomic mass is 19.4. The van der Waals surface area contributed by atoms with Gasteiger partial charge in [0.25, 0.3) is 5.91 Å². The maximum Gasteiger partial charge on any atom is 0.419 e. The van der Waals surface area contributed by atoms with Gasteiger partial charge in [-0.25, -0.2) is 4.39 Å². The van der Waals surface area contributed by atoms with Crippen molar-refractivity contribution in [1.29, 1.82) is 0 Å². The molecule has 0 bridgehead atoms. The molecule has 152 valence electrons. The van der Waals surface area contributed by atoms with E-state index in [4.69, 9.17) is 8.83 Å². The quantitative estimate of drug-likeness (QED) is 0.449. The standard InChI is InChI=1S/C20H11F4N3O3/c21-16-5-4-12(9-15(16)20(22,23)24)17(28)25-19-27-26-18(30-19)13-3-1-2-11(8-13)14-6-7-29-10-14/h1-10H,(H,25,27,28). The van der Waals surface area contributed by atoms with Crippen LogP contribution in [-0.2, 0) is 6.18 Å². The molecule has 0 aliphatic heterocycles. The first-order valence-corrected chi connectivity index (χ1v) is 8.46. The molecule has 2 aromatic heterocycles. The molecule has 0 spiro atoms. The molecular formula is C20H11F4N3O3. The monoisotopic (exact) mass is 417 g/mol. The Balaban J connectivity index is 1.54. The third kappa shape index (κ3) is 3.93. The molecule has 0 atom stereocenters. The van der Waals surface area contributed by atoms with Gasteiger partial charge in [-0.3, -0.25) is 10.1 Å². The molecule has 4 rings (SSSR count). The van der Waals surface area contributed by atoms with Gasteiger partial charge in [-0.15, -0.1) is 5.10 Å². The van der Waals surface area contributed by atoms with Crippen molar-refractivity contribution in [3.05, 3.63) is 78.0 Å². The van der Waals surface area contributed by atoms with E-state index in [-0.39, 0.29) is 11.9 Å². The summed E-state index contributed by atoms with van der Waals surface area (Å²) in [5.41, 5.74) is 0.267. The van der Waals surface area contributed by atoms with E-state index in [2.05, 4.69) is 15.5 Å². The third-order valence-electron chi connectivity index (χ3n) is 4.14. The van der Waals surface area contributed by atoms with Crippen LogP contribution in [0.3, 0.4) is 0 Å². The maximum absolute atomic E-state index is 13.4. The van der Waals surface area contributed by atoms with Gasteiger partial charge in [0.1, 0.15) is 5.82 Å². The minimum atomic E-state index is -4.93. The van der Waals surface area contributed by atoms with Crippen molar-refractivity contribution in [3.63, 3.8) is 0 Å². The lowest BCUT2D eigenvalue weighted by Crippen LogP contribution is -2.15. The molecule has 1 amide bonds. The van der Waals surface area contributed by atoms with Crippen LogP contribution in [-0.4, -0.2) is 16.1 Å². The maximum atomic E-state index is 13.4. The summed E-state index contributed by atoms with van der Waals surface area (Å²) < 4.78 is 62.3. The number of alkyl halides is 3. The number of anilines is 1. The Morgan fingerprint density at radius 1 is 0.967 bits per heavy atom. The van der Waals surface area contributed by atoms with E-state index in [0.29, 0.717) is 17.7 Å². The van der Waals surface area contributed by atoms with Crippen molar-refractivity contribution in [2.45, 2.75) is 6.18 Å². The molecule has 0 fully saturated rings. The first kappa shape index (κ1) is 19.4. The lowest BCUT2D eigenvalue weighted by molar-refractivity contribution is -0.140. The van der Waals surface area contributed by atoms with Crippen molar-refractivity contribution in [3.8, 4) is 22.6 Å². The summed E-state index contributed by atoms with van der Waals surface area (Å²) in [5.74, 6) is -2.34. The van der Waals surface area contributed by atoms with Crippen LogP contribution < -0.4 is 5.32 Å². The molecule has 0 aliphatic rings. The predicted molar refractivity (Wildman–Crippen MR) is 96.8 cm³/mol. The fourth-order valence-corrected chi connectivity index (χ4v) is 2.70. The molecule has 0 unspecified atom stereocenters. The van der Waals surface area contributed by atoms with Gasteiger partial charge in [-0.05, 0) is 42.0 Å². The highest BCUT2D eigenvalue weighted by molar-refractivity contribution is 6.03. The van der Waals surface area contributed by atoms with Gasteiger partial charge >= 0.3 is 12.2 Å². The Hall–Kier alpha value is -3.95. The van der Waals surface area contributed by atoms with Gasteiger partial charge in [-0.2, -0.15) is 13.2 Å². The number of aromatic nitrogens is 2. The third-order valence-corrected chi connectivity index (χ3v) is 4.14. The van der Waals surface area contributed by atoms with E-state index >= 15 is 0 Å². The lowest BCUT2D eigenvalue weighted by Gasteiger charge is -2.09. The van der Waals surface area contributed by atoms with Crippen LogP contribution in [0.15, 0.2) is 69.9 Å². The summed E-state index contributed by atoms with van der Waals surface area (Å²) in [6.07, 6.45) is -1.84. The largest absolute Gasteiger partial charge is 0.472 e. The number of hydrogen-bond donors (Lipinski definition) is 1. The fourth-order valence-electron chi connectivity index (χ4n) is 2.70. The topological polar surface area (TPSA) is 81.2 Å². The molecular weight excluding hydrogens is 406 g/mol. The van der Waals surface area contributed by atoms with Crippen molar-refractivity contribution in [1.82, 2.24) is 10.2 Å². The minimum Gasteiger partial charge on any atom is -0.472 e. The van der Waals surface area contributed by atoms with Crippen molar-refractivity contribution in [2.75, 3.05) is 5.32 Å². The zero-order valence-electron chi connectivity index (χ0n) is 14.9. The predicted octanol–water partition coefficient (Wildman–Crippen LogP) is 5.41. The van der Waals surface area contributed by atoms with Crippen molar-refractivity contribution < 1.29 is 31.2 Å². The fraction of sp³-hybridized carbons (Fsp3) is 0.0500. The molecule has 2 heterocycles. The lowest BCUT2D eigenvalue weighted by atomic mass is 10.1. The summed E-state index contributed by atoms with van der Waals surface area (Å²) in [6, 6.07) is 10.4. The molecule has 0 aliphatic carbocycles. The zero-order valence-corrected chi connectivity index (χ0v) is 14.9. The normalized spacial score (nSPS) is 11.5. The first-order valence-electron chi connectivity index (χ1n) is 8.46. The Morgan fingerprint density at radius 3 is 2.50 bits per heavy atom. The van der Waals surface area contributed by atoms with Crippen LogP contribution in [0, 0.1) is 5.82 Å². The van der Waals surface area contributed by atoms with E-state index in [1.807, 2.05) is 6.07 Å². The van der Waals surface area contributed by atoms with Crippen LogP contribution in [0.2, 0.25) is 0 Å². The van der Waals surface area contributed by atoms with E-state index in [0.717, 1.165) is 17.2 Å². The number of nitrogens with zero attached hydrogens (tertiary/aromatic N) is 2. The number of carbonyl (C=O) groups excluding carboxylic acids is 1. The van der Waals surface area contributed by atoms with Gasteiger partial charge in [0, 0.05) is 16.7 Å². The Bertz CT molecular complexity index is 1200. The van der Waals surface area contributed by atoms with Crippen LogP contribution in [0.1, 0.15) is 15.9 Å². The molecule has 0 saturated heterocycles.